The lowest BCUT2D eigenvalue weighted by atomic mass is 10.3. The van der Waals surface area contributed by atoms with Crippen LogP contribution in [0.15, 0.2) is 49.1 Å². The number of pyridine rings is 2. The van der Waals surface area contributed by atoms with Crippen molar-refractivity contribution in [3.8, 4) is 0 Å². The summed E-state index contributed by atoms with van der Waals surface area (Å²) in [5.41, 5.74) is 2.43. The summed E-state index contributed by atoms with van der Waals surface area (Å²) < 4.78 is 0. The summed E-state index contributed by atoms with van der Waals surface area (Å²) in [5.74, 6) is 0. The van der Waals surface area contributed by atoms with Crippen LogP contribution in [0.1, 0.15) is 11.1 Å². The molecule has 0 atom stereocenters. The van der Waals surface area contributed by atoms with E-state index in [1.807, 2.05) is 24.5 Å². The minimum absolute atomic E-state index is 0.864. The first-order chi connectivity index (χ1) is 8.95. The second-order valence-corrected chi connectivity index (χ2v) is 4.08. The van der Waals surface area contributed by atoms with E-state index >= 15 is 0 Å². The van der Waals surface area contributed by atoms with E-state index in [-0.39, 0.29) is 0 Å². The molecule has 0 spiro atoms. The van der Waals surface area contributed by atoms with Gasteiger partial charge in [-0.25, -0.2) is 0 Å². The van der Waals surface area contributed by atoms with Gasteiger partial charge in [0.2, 0.25) is 0 Å². The van der Waals surface area contributed by atoms with Gasteiger partial charge in [-0.2, -0.15) is 0 Å². The van der Waals surface area contributed by atoms with Crippen molar-refractivity contribution in [3.05, 3.63) is 60.2 Å². The van der Waals surface area contributed by atoms with Gasteiger partial charge in [-0.05, 0) is 23.3 Å². The van der Waals surface area contributed by atoms with Crippen LogP contribution in [-0.4, -0.2) is 23.1 Å². The van der Waals surface area contributed by atoms with E-state index in [4.69, 9.17) is 0 Å². The summed E-state index contributed by atoms with van der Waals surface area (Å²) in [4.78, 5) is 8.15. The minimum Gasteiger partial charge on any atom is -0.311 e. The lowest BCUT2D eigenvalue weighted by Gasteiger charge is -2.06. The summed E-state index contributed by atoms with van der Waals surface area (Å²) in [6.07, 6.45) is 7.35. The summed E-state index contributed by atoms with van der Waals surface area (Å²) in [7, 11) is 0. The molecule has 0 fully saturated rings. The fourth-order valence-corrected chi connectivity index (χ4v) is 1.65. The average molecular weight is 242 g/mol. The first-order valence-electron chi connectivity index (χ1n) is 6.14. The van der Waals surface area contributed by atoms with Crippen LogP contribution in [0.5, 0.6) is 0 Å². The lowest BCUT2D eigenvalue weighted by molar-refractivity contribution is 0.610. The zero-order valence-corrected chi connectivity index (χ0v) is 10.3. The van der Waals surface area contributed by atoms with Crippen LogP contribution in [0.2, 0.25) is 0 Å². The van der Waals surface area contributed by atoms with E-state index in [0.29, 0.717) is 0 Å². The molecular formula is C14H18N4. The van der Waals surface area contributed by atoms with E-state index in [9.17, 15) is 0 Å². The predicted octanol–water partition coefficient (Wildman–Crippen LogP) is 1.36. The summed E-state index contributed by atoms with van der Waals surface area (Å²) >= 11 is 0. The molecule has 0 aromatic carbocycles. The van der Waals surface area contributed by atoms with Crippen LogP contribution in [0.3, 0.4) is 0 Å². The van der Waals surface area contributed by atoms with E-state index in [2.05, 4.69) is 32.7 Å². The maximum atomic E-state index is 4.08. The topological polar surface area (TPSA) is 49.8 Å². The third-order valence-electron chi connectivity index (χ3n) is 2.58. The van der Waals surface area contributed by atoms with Crippen molar-refractivity contribution in [1.82, 2.24) is 20.6 Å². The molecule has 0 aliphatic heterocycles. The van der Waals surface area contributed by atoms with Gasteiger partial charge >= 0.3 is 0 Å². The van der Waals surface area contributed by atoms with Crippen molar-refractivity contribution < 1.29 is 0 Å². The monoisotopic (exact) mass is 242 g/mol. The van der Waals surface area contributed by atoms with Crippen LogP contribution in [0.25, 0.3) is 0 Å². The van der Waals surface area contributed by atoms with Crippen LogP contribution < -0.4 is 10.6 Å². The fraction of sp³-hybridized carbons (Fsp3) is 0.286. The summed E-state index contributed by atoms with van der Waals surface area (Å²) in [6.45, 7) is 3.61. The Kier molecular flexibility index (Phi) is 5.30. The number of hydrogen-bond donors (Lipinski definition) is 2. The minimum atomic E-state index is 0.864. The van der Waals surface area contributed by atoms with E-state index in [1.54, 1.807) is 12.4 Å². The number of nitrogens with one attached hydrogen (secondary N) is 2. The Bertz CT molecular complexity index is 387. The molecule has 0 saturated carbocycles. The largest absolute Gasteiger partial charge is 0.311 e. The lowest BCUT2D eigenvalue weighted by Crippen LogP contribution is -2.26. The van der Waals surface area contributed by atoms with Crippen LogP contribution in [-0.2, 0) is 13.1 Å². The van der Waals surface area contributed by atoms with Gasteiger partial charge in [-0.15, -0.1) is 0 Å². The number of rotatable bonds is 7. The Morgan fingerprint density at radius 3 is 1.67 bits per heavy atom. The van der Waals surface area contributed by atoms with Gasteiger partial charge in [-0.1, -0.05) is 12.1 Å². The highest BCUT2D eigenvalue weighted by atomic mass is 14.9. The molecule has 0 bridgehead atoms. The zero-order valence-electron chi connectivity index (χ0n) is 10.3. The molecule has 2 aromatic heterocycles. The molecule has 0 radical (unpaired) electrons. The second kappa shape index (κ2) is 7.53. The Morgan fingerprint density at radius 1 is 0.778 bits per heavy atom. The Balaban J connectivity index is 1.54. The van der Waals surface area contributed by atoms with E-state index in [0.717, 1.165) is 26.2 Å². The molecule has 0 aliphatic rings. The third-order valence-corrected chi connectivity index (χ3v) is 2.58. The van der Waals surface area contributed by atoms with Gasteiger partial charge in [0.25, 0.3) is 0 Å². The molecule has 2 heterocycles. The van der Waals surface area contributed by atoms with Gasteiger partial charge < -0.3 is 10.6 Å². The molecule has 4 heteroatoms. The van der Waals surface area contributed by atoms with Crippen LogP contribution in [0.4, 0.5) is 0 Å². The molecule has 18 heavy (non-hydrogen) atoms. The second-order valence-electron chi connectivity index (χ2n) is 4.08. The summed E-state index contributed by atoms with van der Waals surface area (Å²) in [6, 6.07) is 8.06. The molecule has 4 nitrogen and oxygen atoms in total. The fourth-order valence-electron chi connectivity index (χ4n) is 1.65. The Morgan fingerprint density at radius 2 is 1.28 bits per heavy atom. The molecule has 0 unspecified atom stereocenters. The third kappa shape index (κ3) is 4.61. The molecule has 2 N–H and O–H groups in total. The highest BCUT2D eigenvalue weighted by Crippen LogP contribution is 1.94. The SMILES string of the molecule is c1cncc(CNCCNCc2cccnc2)c1. The molecule has 0 amide bonds. The molecule has 2 aromatic rings. The molecule has 2 rings (SSSR count). The quantitative estimate of drug-likeness (QED) is 0.720. The Labute approximate surface area is 107 Å². The van der Waals surface area contributed by atoms with Gasteiger partial charge in [0, 0.05) is 51.0 Å². The predicted molar refractivity (Wildman–Crippen MR) is 71.9 cm³/mol. The zero-order chi connectivity index (χ0) is 12.5. The maximum absolute atomic E-state index is 4.08. The molecular weight excluding hydrogens is 224 g/mol. The first-order valence-corrected chi connectivity index (χ1v) is 6.14. The van der Waals surface area contributed by atoms with Crippen molar-refractivity contribution in [1.29, 1.82) is 0 Å². The van der Waals surface area contributed by atoms with Gasteiger partial charge in [0.15, 0.2) is 0 Å². The number of aromatic nitrogens is 2. The standard InChI is InChI=1S/C14H18N4/c1-3-13(9-15-5-1)11-17-7-8-18-12-14-4-2-6-16-10-14/h1-6,9-10,17-18H,7-8,11-12H2. The van der Waals surface area contributed by atoms with Crippen molar-refractivity contribution in [2.75, 3.05) is 13.1 Å². The van der Waals surface area contributed by atoms with Gasteiger partial charge in [0.1, 0.15) is 0 Å². The maximum Gasteiger partial charge on any atom is 0.0312 e. The average Bonchev–Trinajstić information content (AvgIpc) is 2.45. The summed E-state index contributed by atoms with van der Waals surface area (Å²) in [5, 5.41) is 6.74. The smallest absolute Gasteiger partial charge is 0.0312 e. The van der Waals surface area contributed by atoms with Gasteiger partial charge in [-0.3, -0.25) is 9.97 Å². The number of hydrogen-bond acceptors (Lipinski definition) is 4. The first kappa shape index (κ1) is 12.7. The van der Waals surface area contributed by atoms with Crippen molar-refractivity contribution >= 4 is 0 Å². The number of nitrogens with zero attached hydrogens (tertiary/aromatic N) is 2. The highest BCUT2D eigenvalue weighted by Gasteiger charge is 1.93. The van der Waals surface area contributed by atoms with Crippen molar-refractivity contribution in [2.45, 2.75) is 13.1 Å². The van der Waals surface area contributed by atoms with Crippen molar-refractivity contribution in [3.63, 3.8) is 0 Å². The van der Waals surface area contributed by atoms with Crippen LogP contribution >= 0.6 is 0 Å². The Hall–Kier alpha value is -1.78. The van der Waals surface area contributed by atoms with Gasteiger partial charge in [0.05, 0.1) is 0 Å². The molecule has 94 valence electrons. The van der Waals surface area contributed by atoms with Crippen molar-refractivity contribution in [2.24, 2.45) is 0 Å². The molecule has 0 saturated heterocycles. The highest BCUT2D eigenvalue weighted by molar-refractivity contribution is 5.08. The van der Waals surface area contributed by atoms with E-state index in [1.165, 1.54) is 11.1 Å². The molecule has 0 aliphatic carbocycles. The van der Waals surface area contributed by atoms with Crippen LogP contribution in [0, 0.1) is 0 Å². The normalized spacial score (nSPS) is 10.4. The van der Waals surface area contributed by atoms with E-state index < -0.39 is 0 Å².